The van der Waals surface area contributed by atoms with Crippen molar-refractivity contribution in [3.63, 3.8) is 0 Å². The molecule has 0 spiro atoms. The van der Waals surface area contributed by atoms with Crippen LogP contribution < -0.4 is 0 Å². The molecule has 1 unspecified atom stereocenters. The Labute approximate surface area is 115 Å². The second kappa shape index (κ2) is 6.08. The van der Waals surface area contributed by atoms with Crippen LogP contribution in [0.2, 0.25) is 5.02 Å². The summed E-state index contributed by atoms with van der Waals surface area (Å²) in [5.74, 6) is 0.698. The molecule has 1 nitrogen and oxygen atoms in total. The molecular weight excluding hydrogens is 244 g/mol. The minimum atomic E-state index is -0.330. The van der Waals surface area contributed by atoms with Gasteiger partial charge in [-0.1, -0.05) is 49.8 Å². The molecular formula is C16H23ClO. The van der Waals surface area contributed by atoms with Crippen LogP contribution in [0, 0.1) is 19.8 Å². The zero-order valence-electron chi connectivity index (χ0n) is 11.4. The Morgan fingerprint density at radius 3 is 2.50 bits per heavy atom. The SMILES string of the molecule is Cc1cc(C(O)CC2CCCCC2)c(C)cc1Cl. The number of hydrogen-bond donors (Lipinski definition) is 1. The molecule has 0 radical (unpaired) electrons. The summed E-state index contributed by atoms with van der Waals surface area (Å²) in [6.07, 6.45) is 7.16. The van der Waals surface area contributed by atoms with Crippen LogP contribution in [0.1, 0.15) is 61.3 Å². The van der Waals surface area contributed by atoms with E-state index in [1.54, 1.807) is 0 Å². The van der Waals surface area contributed by atoms with Gasteiger partial charge in [0.1, 0.15) is 0 Å². The predicted octanol–water partition coefficient (Wildman–Crippen LogP) is 4.96. The van der Waals surface area contributed by atoms with Gasteiger partial charge in [0.2, 0.25) is 0 Å². The van der Waals surface area contributed by atoms with E-state index in [2.05, 4.69) is 0 Å². The smallest absolute Gasteiger partial charge is 0.0795 e. The van der Waals surface area contributed by atoms with Crippen LogP contribution >= 0.6 is 11.6 Å². The number of benzene rings is 1. The number of aryl methyl sites for hydroxylation is 2. The number of rotatable bonds is 3. The summed E-state index contributed by atoms with van der Waals surface area (Å²) in [6, 6.07) is 4.02. The van der Waals surface area contributed by atoms with Crippen LogP contribution in [0.3, 0.4) is 0 Å². The summed E-state index contributed by atoms with van der Waals surface area (Å²) in [6.45, 7) is 4.03. The van der Waals surface area contributed by atoms with E-state index in [0.717, 1.165) is 28.1 Å². The van der Waals surface area contributed by atoms with Gasteiger partial charge in [0, 0.05) is 5.02 Å². The number of aliphatic hydroxyl groups excluding tert-OH is 1. The molecule has 1 aliphatic rings. The zero-order valence-corrected chi connectivity index (χ0v) is 12.1. The van der Waals surface area contributed by atoms with Crippen LogP contribution in [0.4, 0.5) is 0 Å². The third-order valence-electron chi connectivity index (χ3n) is 4.19. The highest BCUT2D eigenvalue weighted by Gasteiger charge is 2.20. The summed E-state index contributed by atoms with van der Waals surface area (Å²) in [5.41, 5.74) is 3.22. The molecule has 0 amide bonds. The molecule has 1 atom stereocenters. The first-order chi connectivity index (χ1) is 8.58. The fraction of sp³-hybridized carbons (Fsp3) is 0.625. The Bertz CT molecular complexity index is 408. The molecule has 18 heavy (non-hydrogen) atoms. The van der Waals surface area contributed by atoms with Crippen molar-refractivity contribution < 1.29 is 5.11 Å². The lowest BCUT2D eigenvalue weighted by atomic mass is 9.83. The van der Waals surface area contributed by atoms with Crippen LogP contribution in [-0.2, 0) is 0 Å². The van der Waals surface area contributed by atoms with Gasteiger partial charge in [-0.15, -0.1) is 0 Å². The zero-order chi connectivity index (χ0) is 13.1. The fourth-order valence-electron chi connectivity index (χ4n) is 3.03. The summed E-state index contributed by atoms with van der Waals surface area (Å²) in [4.78, 5) is 0. The van der Waals surface area contributed by atoms with Crippen molar-refractivity contribution in [2.75, 3.05) is 0 Å². The van der Waals surface area contributed by atoms with Crippen molar-refractivity contribution in [3.05, 3.63) is 33.8 Å². The minimum Gasteiger partial charge on any atom is -0.388 e. The molecule has 1 aromatic carbocycles. The Hall–Kier alpha value is -0.530. The Morgan fingerprint density at radius 2 is 1.83 bits per heavy atom. The first kappa shape index (κ1) is 13.9. The van der Waals surface area contributed by atoms with Gasteiger partial charge in [-0.3, -0.25) is 0 Å². The average molecular weight is 267 g/mol. The van der Waals surface area contributed by atoms with Crippen molar-refractivity contribution in [1.82, 2.24) is 0 Å². The summed E-state index contributed by atoms with van der Waals surface area (Å²) >= 11 is 6.10. The monoisotopic (exact) mass is 266 g/mol. The Morgan fingerprint density at radius 1 is 1.17 bits per heavy atom. The quantitative estimate of drug-likeness (QED) is 0.820. The van der Waals surface area contributed by atoms with E-state index in [0.29, 0.717) is 5.92 Å². The minimum absolute atomic E-state index is 0.330. The third-order valence-corrected chi connectivity index (χ3v) is 4.59. The van der Waals surface area contributed by atoms with Gasteiger partial charge < -0.3 is 5.11 Å². The van der Waals surface area contributed by atoms with Gasteiger partial charge in [0.05, 0.1) is 6.10 Å². The molecule has 1 fully saturated rings. The second-order valence-corrected chi connectivity index (χ2v) is 6.12. The average Bonchev–Trinajstić information content (AvgIpc) is 2.35. The highest BCUT2D eigenvalue weighted by molar-refractivity contribution is 6.31. The fourth-order valence-corrected chi connectivity index (χ4v) is 3.25. The molecule has 0 aliphatic heterocycles. The van der Waals surface area contributed by atoms with E-state index < -0.39 is 0 Å². The van der Waals surface area contributed by atoms with Crippen molar-refractivity contribution in [2.45, 2.75) is 58.5 Å². The molecule has 0 aromatic heterocycles. The van der Waals surface area contributed by atoms with Gasteiger partial charge in [-0.05, 0) is 48.9 Å². The highest BCUT2D eigenvalue weighted by atomic mass is 35.5. The van der Waals surface area contributed by atoms with Crippen molar-refractivity contribution in [3.8, 4) is 0 Å². The van der Waals surface area contributed by atoms with Gasteiger partial charge in [-0.2, -0.15) is 0 Å². The number of hydrogen-bond acceptors (Lipinski definition) is 1. The van der Waals surface area contributed by atoms with Gasteiger partial charge in [-0.25, -0.2) is 0 Å². The molecule has 0 saturated heterocycles. The Balaban J connectivity index is 2.08. The highest BCUT2D eigenvalue weighted by Crippen LogP contribution is 2.34. The summed E-state index contributed by atoms with van der Waals surface area (Å²) in [5, 5.41) is 11.2. The van der Waals surface area contributed by atoms with E-state index in [-0.39, 0.29) is 6.10 Å². The van der Waals surface area contributed by atoms with Crippen LogP contribution in [0.5, 0.6) is 0 Å². The first-order valence-electron chi connectivity index (χ1n) is 7.02. The lowest BCUT2D eigenvalue weighted by Crippen LogP contribution is -2.12. The normalized spacial score (nSPS) is 18.9. The van der Waals surface area contributed by atoms with E-state index in [4.69, 9.17) is 11.6 Å². The topological polar surface area (TPSA) is 20.2 Å². The van der Waals surface area contributed by atoms with Gasteiger partial charge in [0.15, 0.2) is 0 Å². The predicted molar refractivity (Wildman–Crippen MR) is 77.1 cm³/mol. The maximum atomic E-state index is 10.4. The molecule has 1 N–H and O–H groups in total. The van der Waals surface area contributed by atoms with E-state index >= 15 is 0 Å². The second-order valence-electron chi connectivity index (χ2n) is 5.71. The largest absolute Gasteiger partial charge is 0.388 e. The van der Waals surface area contributed by atoms with E-state index in [9.17, 15) is 5.11 Å². The molecule has 2 heteroatoms. The number of halogens is 1. The van der Waals surface area contributed by atoms with Crippen molar-refractivity contribution in [2.24, 2.45) is 5.92 Å². The van der Waals surface area contributed by atoms with Crippen LogP contribution in [0.15, 0.2) is 12.1 Å². The molecule has 1 aromatic rings. The number of aliphatic hydroxyl groups is 1. The van der Waals surface area contributed by atoms with E-state index in [1.165, 1.54) is 32.1 Å². The van der Waals surface area contributed by atoms with Gasteiger partial charge in [0.25, 0.3) is 0 Å². The summed E-state index contributed by atoms with van der Waals surface area (Å²) < 4.78 is 0. The maximum absolute atomic E-state index is 10.4. The Kier molecular flexibility index (Phi) is 4.69. The summed E-state index contributed by atoms with van der Waals surface area (Å²) in [7, 11) is 0. The lowest BCUT2D eigenvalue weighted by molar-refractivity contribution is 0.131. The first-order valence-corrected chi connectivity index (χ1v) is 7.40. The van der Waals surface area contributed by atoms with Crippen LogP contribution in [0.25, 0.3) is 0 Å². The van der Waals surface area contributed by atoms with Crippen molar-refractivity contribution in [1.29, 1.82) is 0 Å². The van der Waals surface area contributed by atoms with Crippen LogP contribution in [-0.4, -0.2) is 5.11 Å². The molecule has 1 saturated carbocycles. The molecule has 100 valence electrons. The van der Waals surface area contributed by atoms with E-state index in [1.807, 2.05) is 26.0 Å². The standard InChI is InChI=1S/C16H23ClO/c1-11-9-15(17)12(2)8-14(11)16(18)10-13-6-4-3-5-7-13/h8-9,13,16,18H,3-7,10H2,1-2H3. The third kappa shape index (κ3) is 3.27. The lowest BCUT2D eigenvalue weighted by Gasteiger charge is -2.25. The molecule has 2 rings (SSSR count). The maximum Gasteiger partial charge on any atom is 0.0795 e. The molecule has 0 bridgehead atoms. The molecule has 0 heterocycles. The van der Waals surface area contributed by atoms with Crippen molar-refractivity contribution >= 4 is 11.6 Å². The van der Waals surface area contributed by atoms with Gasteiger partial charge >= 0.3 is 0 Å². The molecule has 1 aliphatic carbocycles.